The fourth-order valence-corrected chi connectivity index (χ4v) is 5.75. The maximum Gasteiger partial charge on any atom is 0.251 e. The van der Waals surface area contributed by atoms with E-state index in [0.29, 0.717) is 24.4 Å². The fourth-order valence-electron chi connectivity index (χ4n) is 4.56. The van der Waals surface area contributed by atoms with Crippen LogP contribution in [-0.4, -0.2) is 35.6 Å². The van der Waals surface area contributed by atoms with E-state index in [-0.39, 0.29) is 17.2 Å². The second-order valence-corrected chi connectivity index (χ2v) is 9.90. The third kappa shape index (κ3) is 5.12. The summed E-state index contributed by atoms with van der Waals surface area (Å²) in [6.45, 7) is 3.35. The van der Waals surface area contributed by atoms with Crippen molar-refractivity contribution in [3.8, 4) is 0 Å². The predicted octanol–water partition coefficient (Wildman–Crippen LogP) is 4.99. The highest BCUT2D eigenvalue weighted by molar-refractivity contribution is 8.00. The van der Waals surface area contributed by atoms with Gasteiger partial charge in [-0.05, 0) is 53.8 Å². The number of thioether (sulfide) groups is 1. The van der Waals surface area contributed by atoms with Gasteiger partial charge in [-0.1, -0.05) is 54.6 Å². The van der Waals surface area contributed by atoms with Gasteiger partial charge in [0.1, 0.15) is 5.37 Å². The van der Waals surface area contributed by atoms with Crippen molar-refractivity contribution in [2.75, 3.05) is 23.7 Å². The number of nitrogens with zero attached hydrogens (tertiary/aromatic N) is 2. The van der Waals surface area contributed by atoms with Crippen molar-refractivity contribution in [1.82, 2.24) is 10.2 Å². The molecule has 2 aliphatic rings. The maximum atomic E-state index is 12.7. The van der Waals surface area contributed by atoms with E-state index in [1.54, 1.807) is 11.8 Å². The predicted molar refractivity (Wildman–Crippen MR) is 138 cm³/mol. The summed E-state index contributed by atoms with van der Waals surface area (Å²) in [4.78, 5) is 29.5. The smallest absolute Gasteiger partial charge is 0.251 e. The first-order valence-electron chi connectivity index (χ1n) is 11.8. The van der Waals surface area contributed by atoms with Crippen molar-refractivity contribution in [3.63, 3.8) is 0 Å². The first kappa shape index (κ1) is 22.5. The molecular formula is C28H29N3O2S. The Balaban J connectivity index is 1.19. The Labute approximate surface area is 205 Å². The van der Waals surface area contributed by atoms with Crippen LogP contribution in [-0.2, 0) is 17.9 Å². The Morgan fingerprint density at radius 1 is 0.882 bits per heavy atom. The fraction of sp³-hybridized carbons (Fsp3) is 0.286. The maximum absolute atomic E-state index is 12.7. The van der Waals surface area contributed by atoms with E-state index in [2.05, 4.69) is 34.5 Å². The molecule has 2 amide bonds. The molecule has 0 spiro atoms. The number of hydrogen-bond acceptors (Lipinski definition) is 4. The van der Waals surface area contributed by atoms with Crippen LogP contribution < -0.4 is 10.2 Å². The Kier molecular flexibility index (Phi) is 6.86. The zero-order chi connectivity index (χ0) is 23.3. The van der Waals surface area contributed by atoms with Gasteiger partial charge in [0.25, 0.3) is 5.91 Å². The molecule has 1 atom stereocenters. The summed E-state index contributed by atoms with van der Waals surface area (Å²) >= 11 is 1.64. The van der Waals surface area contributed by atoms with E-state index >= 15 is 0 Å². The van der Waals surface area contributed by atoms with E-state index in [4.69, 9.17) is 0 Å². The number of hydrogen-bond donors (Lipinski definition) is 1. The monoisotopic (exact) mass is 471 g/mol. The molecule has 3 aromatic rings. The minimum Gasteiger partial charge on any atom is -0.372 e. The second-order valence-electron chi connectivity index (χ2n) is 8.84. The summed E-state index contributed by atoms with van der Waals surface area (Å²) in [6.07, 6.45) is 2.52. The molecule has 0 unspecified atom stereocenters. The molecular weight excluding hydrogens is 442 g/mol. The molecule has 0 bridgehead atoms. The SMILES string of the molecule is O=C(NCc1ccc(N2CCCC2)cc1)c1ccc([C@H]2SCC(=O)N2Cc2ccccc2)cc1. The number of amides is 2. The highest BCUT2D eigenvalue weighted by Crippen LogP contribution is 2.39. The standard InChI is InChI=1S/C28H29N3O2S/c32-26-20-34-28(31(26)19-22-6-2-1-3-7-22)24-12-10-23(11-13-24)27(33)29-18-21-8-14-25(15-9-21)30-16-4-5-17-30/h1-3,6-15,28H,4-5,16-20H2,(H,29,33)/t28-/m1/s1. The lowest BCUT2D eigenvalue weighted by Crippen LogP contribution is -2.27. The molecule has 2 fully saturated rings. The molecule has 2 heterocycles. The summed E-state index contributed by atoms with van der Waals surface area (Å²) in [5.74, 6) is 0.541. The van der Waals surface area contributed by atoms with Crippen LogP contribution in [0, 0.1) is 0 Å². The minimum atomic E-state index is -0.0912. The molecule has 5 rings (SSSR count). The number of rotatable bonds is 7. The lowest BCUT2D eigenvalue weighted by atomic mass is 10.1. The lowest BCUT2D eigenvalue weighted by Gasteiger charge is -2.24. The first-order chi connectivity index (χ1) is 16.7. The van der Waals surface area contributed by atoms with Gasteiger partial charge in [-0.25, -0.2) is 0 Å². The number of carbonyl (C=O) groups is 2. The van der Waals surface area contributed by atoms with Gasteiger partial charge in [0.05, 0.1) is 5.75 Å². The largest absolute Gasteiger partial charge is 0.372 e. The molecule has 5 nitrogen and oxygen atoms in total. The third-order valence-electron chi connectivity index (χ3n) is 6.48. The zero-order valence-electron chi connectivity index (χ0n) is 19.2. The van der Waals surface area contributed by atoms with Crippen molar-refractivity contribution in [2.24, 2.45) is 0 Å². The lowest BCUT2D eigenvalue weighted by molar-refractivity contribution is -0.128. The van der Waals surface area contributed by atoms with Crippen molar-refractivity contribution in [3.05, 3.63) is 101 Å². The van der Waals surface area contributed by atoms with Gasteiger partial charge in [0.15, 0.2) is 0 Å². The van der Waals surface area contributed by atoms with Crippen LogP contribution in [0.3, 0.4) is 0 Å². The Morgan fingerprint density at radius 2 is 1.59 bits per heavy atom. The molecule has 3 aromatic carbocycles. The molecule has 0 saturated carbocycles. The van der Waals surface area contributed by atoms with Crippen molar-refractivity contribution in [2.45, 2.75) is 31.3 Å². The van der Waals surface area contributed by atoms with Crippen LogP contribution in [0.15, 0.2) is 78.9 Å². The Morgan fingerprint density at radius 3 is 2.29 bits per heavy atom. The number of benzene rings is 3. The van der Waals surface area contributed by atoms with Gasteiger partial charge in [-0.2, -0.15) is 0 Å². The minimum absolute atomic E-state index is 0.0288. The number of anilines is 1. The van der Waals surface area contributed by atoms with E-state index < -0.39 is 0 Å². The normalized spacial score (nSPS) is 17.9. The van der Waals surface area contributed by atoms with Gasteiger partial charge in [0, 0.05) is 37.4 Å². The average molecular weight is 472 g/mol. The zero-order valence-corrected chi connectivity index (χ0v) is 20.0. The van der Waals surface area contributed by atoms with Crippen LogP contribution in [0.25, 0.3) is 0 Å². The molecule has 174 valence electrons. The quantitative estimate of drug-likeness (QED) is 0.527. The summed E-state index contributed by atoms with van der Waals surface area (Å²) in [5.41, 5.74) is 5.13. The van der Waals surface area contributed by atoms with Gasteiger partial charge in [-0.3, -0.25) is 9.59 Å². The average Bonchev–Trinajstić information content (AvgIpc) is 3.54. The molecule has 2 aliphatic heterocycles. The van der Waals surface area contributed by atoms with Gasteiger partial charge in [0.2, 0.25) is 5.91 Å². The Hall–Kier alpha value is -3.25. The second kappa shape index (κ2) is 10.3. The van der Waals surface area contributed by atoms with Crippen molar-refractivity contribution < 1.29 is 9.59 Å². The number of carbonyl (C=O) groups excluding carboxylic acids is 2. The molecule has 34 heavy (non-hydrogen) atoms. The van der Waals surface area contributed by atoms with Gasteiger partial charge < -0.3 is 15.1 Å². The van der Waals surface area contributed by atoms with Crippen LogP contribution in [0.1, 0.15) is 45.3 Å². The van der Waals surface area contributed by atoms with Crippen LogP contribution in [0.4, 0.5) is 5.69 Å². The molecule has 0 aliphatic carbocycles. The van der Waals surface area contributed by atoms with Crippen molar-refractivity contribution >= 4 is 29.3 Å². The van der Waals surface area contributed by atoms with E-state index in [0.717, 1.165) is 29.8 Å². The summed E-state index contributed by atoms with van der Waals surface area (Å²) < 4.78 is 0. The van der Waals surface area contributed by atoms with E-state index in [9.17, 15) is 9.59 Å². The van der Waals surface area contributed by atoms with E-state index in [1.807, 2.05) is 59.5 Å². The van der Waals surface area contributed by atoms with Crippen LogP contribution >= 0.6 is 11.8 Å². The van der Waals surface area contributed by atoms with Gasteiger partial charge in [-0.15, -0.1) is 11.8 Å². The van der Waals surface area contributed by atoms with Crippen LogP contribution in [0.2, 0.25) is 0 Å². The summed E-state index contributed by atoms with van der Waals surface area (Å²) in [6, 6.07) is 26.2. The number of nitrogens with one attached hydrogen (secondary N) is 1. The molecule has 0 aromatic heterocycles. The van der Waals surface area contributed by atoms with Crippen LogP contribution in [0.5, 0.6) is 0 Å². The van der Waals surface area contributed by atoms with Gasteiger partial charge >= 0.3 is 0 Å². The highest BCUT2D eigenvalue weighted by atomic mass is 32.2. The molecule has 1 N–H and O–H groups in total. The molecule has 0 radical (unpaired) electrons. The summed E-state index contributed by atoms with van der Waals surface area (Å²) in [7, 11) is 0. The molecule has 2 saturated heterocycles. The third-order valence-corrected chi connectivity index (χ3v) is 7.74. The Bertz CT molecular complexity index is 1130. The van der Waals surface area contributed by atoms with E-state index in [1.165, 1.54) is 18.5 Å². The topological polar surface area (TPSA) is 52.7 Å². The first-order valence-corrected chi connectivity index (χ1v) is 12.9. The summed E-state index contributed by atoms with van der Waals surface area (Å²) in [5, 5.41) is 2.99. The highest BCUT2D eigenvalue weighted by Gasteiger charge is 2.32. The van der Waals surface area contributed by atoms with Crippen molar-refractivity contribution in [1.29, 1.82) is 0 Å². The molecule has 6 heteroatoms.